The zero-order chi connectivity index (χ0) is 17.2. The molecule has 2 aromatic carbocycles. The van der Waals surface area contributed by atoms with E-state index >= 15 is 0 Å². The molecule has 0 unspecified atom stereocenters. The van der Waals surface area contributed by atoms with E-state index in [0.717, 1.165) is 11.1 Å². The monoisotopic (exact) mass is 322 g/mol. The van der Waals surface area contributed by atoms with Crippen molar-refractivity contribution >= 4 is 11.9 Å². The largest absolute Gasteiger partial charge is 0.325 e. The minimum atomic E-state index is -1.03. The summed E-state index contributed by atoms with van der Waals surface area (Å²) in [6.45, 7) is 4.43. The van der Waals surface area contributed by atoms with Crippen LogP contribution in [0.2, 0.25) is 0 Å². The molecule has 3 rings (SSSR count). The fraction of sp³-hybridized carbons (Fsp3) is 0.300. The fourth-order valence-corrected chi connectivity index (χ4v) is 3.20. The zero-order valence-corrected chi connectivity index (χ0v) is 14.0. The van der Waals surface area contributed by atoms with Crippen LogP contribution in [0.3, 0.4) is 0 Å². The number of urea groups is 1. The lowest BCUT2D eigenvalue weighted by molar-refractivity contribution is -0.132. The van der Waals surface area contributed by atoms with Crippen LogP contribution >= 0.6 is 0 Å². The highest BCUT2D eigenvalue weighted by atomic mass is 16.2. The summed E-state index contributed by atoms with van der Waals surface area (Å²) in [7, 11) is 0. The van der Waals surface area contributed by atoms with Crippen LogP contribution in [0.4, 0.5) is 4.79 Å². The standard InChI is InChI=1S/C20H22N2O2/c1-15(2)14-22-18(23)20(21-19(22)24,17-11-7-4-8-12-17)13-16-9-5-3-6-10-16/h3-12,15H,13-14H2,1-2H3,(H,21,24)/t20-/m1/s1. The number of carbonyl (C=O) groups is 2. The average Bonchev–Trinajstić information content (AvgIpc) is 2.81. The van der Waals surface area contributed by atoms with Crippen molar-refractivity contribution in [1.29, 1.82) is 0 Å². The molecule has 0 spiro atoms. The Morgan fingerprint density at radius 1 is 0.958 bits per heavy atom. The van der Waals surface area contributed by atoms with Crippen LogP contribution in [0.5, 0.6) is 0 Å². The maximum atomic E-state index is 13.2. The van der Waals surface area contributed by atoms with Gasteiger partial charge in [0.1, 0.15) is 0 Å². The third-order valence-electron chi connectivity index (χ3n) is 4.30. The second kappa shape index (κ2) is 6.48. The molecule has 4 heteroatoms. The molecule has 1 heterocycles. The molecule has 0 aromatic heterocycles. The van der Waals surface area contributed by atoms with Crippen LogP contribution in [-0.4, -0.2) is 23.4 Å². The van der Waals surface area contributed by atoms with Gasteiger partial charge in [-0.2, -0.15) is 0 Å². The third kappa shape index (κ3) is 2.92. The van der Waals surface area contributed by atoms with Gasteiger partial charge in [-0.05, 0) is 17.0 Å². The van der Waals surface area contributed by atoms with Gasteiger partial charge >= 0.3 is 6.03 Å². The lowest BCUT2D eigenvalue weighted by Gasteiger charge is -2.28. The third-order valence-corrected chi connectivity index (χ3v) is 4.30. The summed E-state index contributed by atoms with van der Waals surface area (Å²) in [5.74, 6) is 0.0549. The Kier molecular flexibility index (Phi) is 4.38. The van der Waals surface area contributed by atoms with E-state index in [4.69, 9.17) is 0 Å². The van der Waals surface area contributed by atoms with Crippen molar-refractivity contribution in [3.8, 4) is 0 Å². The predicted octanol–water partition coefficient (Wildman–Crippen LogP) is 3.33. The van der Waals surface area contributed by atoms with E-state index in [0.29, 0.717) is 13.0 Å². The van der Waals surface area contributed by atoms with Gasteiger partial charge in [-0.3, -0.25) is 9.69 Å². The molecule has 1 atom stereocenters. The van der Waals surface area contributed by atoms with Gasteiger partial charge in [0, 0.05) is 13.0 Å². The summed E-state index contributed by atoms with van der Waals surface area (Å²) in [5, 5.41) is 2.97. The maximum Gasteiger partial charge on any atom is 0.325 e. The molecule has 1 aliphatic rings. The maximum absolute atomic E-state index is 13.2. The van der Waals surface area contributed by atoms with E-state index in [1.807, 2.05) is 74.5 Å². The fourth-order valence-electron chi connectivity index (χ4n) is 3.20. The Morgan fingerprint density at radius 2 is 1.54 bits per heavy atom. The van der Waals surface area contributed by atoms with Crippen molar-refractivity contribution in [2.75, 3.05) is 6.54 Å². The summed E-state index contributed by atoms with van der Waals surface area (Å²) in [5.41, 5.74) is 0.800. The highest BCUT2D eigenvalue weighted by Crippen LogP contribution is 2.33. The first-order valence-corrected chi connectivity index (χ1v) is 8.26. The molecule has 4 nitrogen and oxygen atoms in total. The Balaban J connectivity index is 2.04. The average molecular weight is 322 g/mol. The summed E-state index contributed by atoms with van der Waals surface area (Å²) in [6, 6.07) is 19.0. The number of rotatable bonds is 5. The van der Waals surface area contributed by atoms with E-state index in [1.165, 1.54) is 4.90 Å². The van der Waals surface area contributed by atoms with E-state index in [9.17, 15) is 9.59 Å². The van der Waals surface area contributed by atoms with Crippen molar-refractivity contribution in [3.05, 3.63) is 71.8 Å². The normalized spacial score (nSPS) is 20.5. The number of imide groups is 1. The van der Waals surface area contributed by atoms with Crippen molar-refractivity contribution in [2.45, 2.75) is 25.8 Å². The van der Waals surface area contributed by atoms with Crippen molar-refractivity contribution in [3.63, 3.8) is 0 Å². The summed E-state index contributed by atoms with van der Waals surface area (Å²) >= 11 is 0. The number of nitrogens with one attached hydrogen (secondary N) is 1. The summed E-state index contributed by atoms with van der Waals surface area (Å²) in [4.78, 5) is 27.1. The van der Waals surface area contributed by atoms with Crippen LogP contribution in [0.15, 0.2) is 60.7 Å². The second-order valence-corrected chi connectivity index (χ2v) is 6.67. The summed E-state index contributed by atoms with van der Waals surface area (Å²) in [6.07, 6.45) is 0.441. The topological polar surface area (TPSA) is 49.4 Å². The van der Waals surface area contributed by atoms with Crippen molar-refractivity contribution in [1.82, 2.24) is 10.2 Å². The molecule has 24 heavy (non-hydrogen) atoms. The molecule has 124 valence electrons. The van der Waals surface area contributed by atoms with Gasteiger partial charge in [-0.25, -0.2) is 4.79 Å². The molecule has 1 aliphatic heterocycles. The molecular formula is C20H22N2O2. The van der Waals surface area contributed by atoms with Crippen molar-refractivity contribution < 1.29 is 9.59 Å². The lowest BCUT2D eigenvalue weighted by Crippen LogP contribution is -2.46. The molecule has 0 bridgehead atoms. The summed E-state index contributed by atoms with van der Waals surface area (Å²) < 4.78 is 0. The first-order valence-electron chi connectivity index (χ1n) is 8.26. The zero-order valence-electron chi connectivity index (χ0n) is 14.0. The van der Waals surface area contributed by atoms with E-state index in [-0.39, 0.29) is 17.9 Å². The first-order chi connectivity index (χ1) is 11.5. The smallest absolute Gasteiger partial charge is 0.319 e. The molecule has 2 aromatic rings. The van der Waals surface area contributed by atoms with Gasteiger partial charge < -0.3 is 5.32 Å². The van der Waals surface area contributed by atoms with Crippen molar-refractivity contribution in [2.24, 2.45) is 5.92 Å². The van der Waals surface area contributed by atoms with Gasteiger partial charge in [0.2, 0.25) is 0 Å². The van der Waals surface area contributed by atoms with E-state index < -0.39 is 5.54 Å². The predicted molar refractivity (Wildman–Crippen MR) is 93.3 cm³/mol. The molecule has 1 fully saturated rings. The van der Waals surface area contributed by atoms with Crippen LogP contribution in [-0.2, 0) is 16.8 Å². The Hall–Kier alpha value is -2.62. The van der Waals surface area contributed by atoms with Crippen LogP contribution in [0.1, 0.15) is 25.0 Å². The molecule has 1 N–H and O–H groups in total. The molecule has 1 saturated heterocycles. The molecular weight excluding hydrogens is 300 g/mol. The molecule has 0 radical (unpaired) electrons. The van der Waals surface area contributed by atoms with Crippen LogP contribution in [0.25, 0.3) is 0 Å². The number of carbonyl (C=O) groups excluding carboxylic acids is 2. The molecule has 0 aliphatic carbocycles. The minimum absolute atomic E-state index is 0.170. The number of nitrogens with zero attached hydrogens (tertiary/aromatic N) is 1. The lowest BCUT2D eigenvalue weighted by atomic mass is 9.83. The van der Waals surface area contributed by atoms with Crippen LogP contribution < -0.4 is 5.32 Å². The Morgan fingerprint density at radius 3 is 2.12 bits per heavy atom. The second-order valence-electron chi connectivity index (χ2n) is 6.67. The van der Waals surface area contributed by atoms with Gasteiger partial charge in [-0.15, -0.1) is 0 Å². The van der Waals surface area contributed by atoms with Gasteiger partial charge in [-0.1, -0.05) is 74.5 Å². The van der Waals surface area contributed by atoms with Gasteiger partial charge in [0.05, 0.1) is 0 Å². The number of benzene rings is 2. The first kappa shape index (κ1) is 16.2. The van der Waals surface area contributed by atoms with Gasteiger partial charge in [0.15, 0.2) is 5.54 Å². The number of hydrogen-bond acceptors (Lipinski definition) is 2. The Labute approximate surface area is 142 Å². The van der Waals surface area contributed by atoms with Crippen LogP contribution in [0, 0.1) is 5.92 Å². The quantitative estimate of drug-likeness (QED) is 0.858. The number of amides is 3. The van der Waals surface area contributed by atoms with E-state index in [2.05, 4.69) is 5.32 Å². The SMILES string of the molecule is CC(C)CN1C(=O)N[C@](Cc2ccccc2)(c2ccccc2)C1=O. The molecule has 0 saturated carbocycles. The van der Waals surface area contributed by atoms with Gasteiger partial charge in [0.25, 0.3) is 5.91 Å². The highest BCUT2D eigenvalue weighted by molar-refractivity contribution is 6.07. The highest BCUT2D eigenvalue weighted by Gasteiger charge is 2.52. The Bertz CT molecular complexity index is 728. The molecule has 3 amide bonds. The van der Waals surface area contributed by atoms with E-state index in [1.54, 1.807) is 0 Å². The number of hydrogen-bond donors (Lipinski definition) is 1. The minimum Gasteiger partial charge on any atom is -0.319 e.